The van der Waals surface area contributed by atoms with Crippen molar-refractivity contribution in [2.75, 3.05) is 20.3 Å². The molecule has 0 atom stereocenters. The molecule has 88 valence electrons. The molecule has 1 aromatic heterocycles. The second-order valence-electron chi connectivity index (χ2n) is 3.94. The second-order valence-corrected chi connectivity index (χ2v) is 3.94. The van der Waals surface area contributed by atoms with Gasteiger partial charge in [0.2, 0.25) is 0 Å². The van der Waals surface area contributed by atoms with Crippen molar-refractivity contribution in [1.82, 2.24) is 9.78 Å². The van der Waals surface area contributed by atoms with Crippen molar-refractivity contribution < 1.29 is 14.3 Å². The monoisotopic (exact) mass is 224 g/mol. The third kappa shape index (κ3) is 2.09. The van der Waals surface area contributed by atoms with Gasteiger partial charge in [-0.25, -0.2) is 4.79 Å². The van der Waals surface area contributed by atoms with E-state index in [1.54, 1.807) is 6.20 Å². The van der Waals surface area contributed by atoms with E-state index in [1.807, 2.05) is 11.6 Å². The van der Waals surface area contributed by atoms with E-state index < -0.39 is 0 Å². The molecule has 1 fully saturated rings. The fraction of sp³-hybridized carbons (Fsp3) is 0.636. The van der Waals surface area contributed by atoms with Crippen LogP contribution in [-0.4, -0.2) is 36.1 Å². The van der Waals surface area contributed by atoms with E-state index in [0.29, 0.717) is 11.6 Å². The van der Waals surface area contributed by atoms with Crippen LogP contribution in [0.3, 0.4) is 0 Å². The van der Waals surface area contributed by atoms with Gasteiger partial charge >= 0.3 is 5.97 Å². The normalized spacial score (nSPS) is 17.4. The largest absolute Gasteiger partial charge is 0.465 e. The highest BCUT2D eigenvalue weighted by Gasteiger charge is 2.20. The summed E-state index contributed by atoms with van der Waals surface area (Å²) in [7, 11) is 1.38. The van der Waals surface area contributed by atoms with Crippen molar-refractivity contribution in [2.24, 2.45) is 0 Å². The van der Waals surface area contributed by atoms with Crippen LogP contribution < -0.4 is 0 Å². The summed E-state index contributed by atoms with van der Waals surface area (Å²) in [6.07, 6.45) is 3.67. The number of methoxy groups -OCH3 is 1. The first kappa shape index (κ1) is 11.1. The van der Waals surface area contributed by atoms with Crippen molar-refractivity contribution in [1.29, 1.82) is 0 Å². The van der Waals surface area contributed by atoms with Crippen LogP contribution in [0, 0.1) is 6.92 Å². The molecule has 16 heavy (non-hydrogen) atoms. The van der Waals surface area contributed by atoms with Crippen LogP contribution in [0.5, 0.6) is 0 Å². The van der Waals surface area contributed by atoms with E-state index in [1.165, 1.54) is 7.11 Å². The molecule has 1 aliphatic heterocycles. The maximum absolute atomic E-state index is 11.4. The van der Waals surface area contributed by atoms with Gasteiger partial charge in [-0.2, -0.15) is 5.10 Å². The number of hydrogen-bond donors (Lipinski definition) is 0. The Kier molecular flexibility index (Phi) is 3.24. The number of esters is 1. The van der Waals surface area contributed by atoms with Gasteiger partial charge in [-0.3, -0.25) is 4.68 Å². The minimum Gasteiger partial charge on any atom is -0.465 e. The summed E-state index contributed by atoms with van der Waals surface area (Å²) < 4.78 is 11.9. The van der Waals surface area contributed by atoms with Crippen molar-refractivity contribution in [2.45, 2.75) is 25.8 Å². The Hall–Kier alpha value is -1.36. The van der Waals surface area contributed by atoms with Crippen molar-refractivity contribution in [3.05, 3.63) is 17.5 Å². The van der Waals surface area contributed by atoms with Gasteiger partial charge in [0.1, 0.15) is 5.56 Å². The lowest BCUT2D eigenvalue weighted by molar-refractivity contribution is 0.0598. The Labute approximate surface area is 94.3 Å². The van der Waals surface area contributed by atoms with Gasteiger partial charge in [-0.1, -0.05) is 0 Å². The highest BCUT2D eigenvalue weighted by atomic mass is 16.5. The molecule has 0 unspecified atom stereocenters. The first-order valence-electron chi connectivity index (χ1n) is 5.44. The summed E-state index contributed by atoms with van der Waals surface area (Å²) in [4.78, 5) is 11.4. The summed E-state index contributed by atoms with van der Waals surface area (Å²) in [5, 5.41) is 4.36. The Morgan fingerprint density at radius 2 is 2.25 bits per heavy atom. The van der Waals surface area contributed by atoms with Gasteiger partial charge in [0.15, 0.2) is 0 Å². The average molecular weight is 224 g/mol. The summed E-state index contributed by atoms with van der Waals surface area (Å²) in [6.45, 7) is 3.34. The van der Waals surface area contributed by atoms with E-state index in [2.05, 4.69) is 5.10 Å². The van der Waals surface area contributed by atoms with Gasteiger partial charge in [-0.05, 0) is 19.8 Å². The molecule has 0 spiro atoms. The molecule has 2 heterocycles. The molecular formula is C11H16N2O3. The molecule has 5 heteroatoms. The third-order valence-corrected chi connectivity index (χ3v) is 2.89. The number of aryl methyl sites for hydroxylation is 1. The molecule has 0 bridgehead atoms. The number of carbonyl (C=O) groups excluding carboxylic acids is 1. The number of aromatic nitrogens is 2. The smallest absolute Gasteiger partial charge is 0.341 e. The lowest BCUT2D eigenvalue weighted by atomic mass is 10.1. The summed E-state index contributed by atoms with van der Waals surface area (Å²) in [5.41, 5.74) is 1.27. The van der Waals surface area contributed by atoms with Crippen molar-refractivity contribution >= 4 is 5.97 Å². The minimum atomic E-state index is -0.323. The van der Waals surface area contributed by atoms with Gasteiger partial charge in [-0.15, -0.1) is 0 Å². The molecule has 0 N–H and O–H groups in total. The molecule has 0 aromatic carbocycles. The van der Waals surface area contributed by atoms with Gasteiger partial charge < -0.3 is 9.47 Å². The van der Waals surface area contributed by atoms with Crippen molar-refractivity contribution in [3.63, 3.8) is 0 Å². The Bertz CT molecular complexity index is 381. The Morgan fingerprint density at radius 1 is 1.56 bits per heavy atom. The van der Waals surface area contributed by atoms with Crippen LogP contribution in [-0.2, 0) is 9.47 Å². The zero-order chi connectivity index (χ0) is 11.5. The predicted molar refractivity (Wildman–Crippen MR) is 57.4 cm³/mol. The van der Waals surface area contributed by atoms with Crippen molar-refractivity contribution in [3.8, 4) is 0 Å². The zero-order valence-electron chi connectivity index (χ0n) is 9.60. The zero-order valence-corrected chi connectivity index (χ0v) is 9.60. The quantitative estimate of drug-likeness (QED) is 0.711. The molecule has 5 nitrogen and oxygen atoms in total. The molecule has 2 rings (SSSR count). The molecule has 1 saturated heterocycles. The predicted octanol–water partition coefficient (Wildman–Crippen LogP) is 1.33. The topological polar surface area (TPSA) is 53.4 Å². The number of hydrogen-bond acceptors (Lipinski definition) is 4. The van der Waals surface area contributed by atoms with E-state index in [9.17, 15) is 4.79 Å². The number of nitrogens with zero attached hydrogens (tertiary/aromatic N) is 2. The van der Waals surface area contributed by atoms with Crippen LogP contribution in [0.25, 0.3) is 0 Å². The lowest BCUT2D eigenvalue weighted by Crippen LogP contribution is -2.20. The highest BCUT2D eigenvalue weighted by Crippen LogP contribution is 2.21. The van der Waals surface area contributed by atoms with Crippen LogP contribution in [0.4, 0.5) is 0 Å². The highest BCUT2D eigenvalue weighted by molar-refractivity contribution is 5.90. The maximum Gasteiger partial charge on any atom is 0.341 e. The molecule has 1 aliphatic rings. The molecule has 0 radical (unpaired) electrons. The van der Waals surface area contributed by atoms with Crippen LogP contribution in [0.15, 0.2) is 6.20 Å². The number of rotatable bonds is 2. The van der Waals surface area contributed by atoms with E-state index in [-0.39, 0.29) is 5.97 Å². The standard InChI is InChI=1S/C11H16N2O3/c1-8-10(11(14)15-2)7-13(12-8)9-3-5-16-6-4-9/h7,9H,3-6H2,1-2H3. The Morgan fingerprint density at radius 3 is 2.88 bits per heavy atom. The minimum absolute atomic E-state index is 0.323. The molecule has 0 aliphatic carbocycles. The summed E-state index contributed by atoms with van der Waals surface area (Å²) in [6, 6.07) is 0.339. The van der Waals surface area contributed by atoms with Crippen LogP contribution in [0.2, 0.25) is 0 Å². The summed E-state index contributed by atoms with van der Waals surface area (Å²) >= 11 is 0. The summed E-state index contributed by atoms with van der Waals surface area (Å²) in [5.74, 6) is -0.323. The number of carbonyl (C=O) groups is 1. The lowest BCUT2D eigenvalue weighted by Gasteiger charge is -2.22. The molecule has 1 aromatic rings. The SMILES string of the molecule is COC(=O)c1cn(C2CCOCC2)nc1C. The third-order valence-electron chi connectivity index (χ3n) is 2.89. The fourth-order valence-electron chi connectivity index (χ4n) is 1.93. The maximum atomic E-state index is 11.4. The fourth-order valence-corrected chi connectivity index (χ4v) is 1.93. The van der Waals surface area contributed by atoms with Crippen LogP contribution in [0.1, 0.15) is 34.9 Å². The van der Waals surface area contributed by atoms with E-state index >= 15 is 0 Å². The van der Waals surface area contributed by atoms with Crippen LogP contribution >= 0.6 is 0 Å². The Balaban J connectivity index is 2.19. The van der Waals surface area contributed by atoms with Gasteiger partial charge in [0.05, 0.1) is 18.8 Å². The molecule has 0 amide bonds. The first-order valence-corrected chi connectivity index (χ1v) is 5.44. The molecule has 0 saturated carbocycles. The molecular weight excluding hydrogens is 208 g/mol. The number of ether oxygens (including phenoxy) is 2. The first-order chi connectivity index (χ1) is 7.72. The van der Waals surface area contributed by atoms with Gasteiger partial charge in [0.25, 0.3) is 0 Å². The van der Waals surface area contributed by atoms with E-state index in [4.69, 9.17) is 9.47 Å². The average Bonchev–Trinajstić information content (AvgIpc) is 2.71. The second kappa shape index (κ2) is 4.65. The van der Waals surface area contributed by atoms with E-state index in [0.717, 1.165) is 31.7 Å². The van der Waals surface area contributed by atoms with Gasteiger partial charge in [0, 0.05) is 19.4 Å².